The van der Waals surface area contributed by atoms with E-state index in [2.05, 4.69) is 10.7 Å². The lowest BCUT2D eigenvalue weighted by atomic mass is 9.67. The van der Waals surface area contributed by atoms with Crippen LogP contribution in [0.4, 0.5) is 0 Å². The average molecular weight is 641 g/mol. The maximum atomic E-state index is 13.6. The Morgan fingerprint density at radius 1 is 0.750 bits per heavy atom. The molecule has 10 heteroatoms. The molecule has 8 nitrogen and oxygen atoms in total. The van der Waals surface area contributed by atoms with Crippen LogP contribution in [0.5, 0.6) is 11.5 Å². The number of benzene rings is 3. The summed E-state index contributed by atoms with van der Waals surface area (Å²) in [5.74, 6) is 1.24. The van der Waals surface area contributed by atoms with Gasteiger partial charge in [-0.3, -0.25) is 0 Å². The Morgan fingerprint density at radius 2 is 1.23 bits per heavy atom. The Balaban J connectivity index is 1.92. The molecule has 0 aliphatic heterocycles. The smallest absolute Gasteiger partial charge is 0.259 e. The standard InChI is InChI=1S/C34H45N2O6PS/c1-27(2)36(28(3)4)43(41-23-10-22-35)42-24-26-44(37,38)25-21-34(29-11-8-7-9-12-29,30-13-17-32(39-5)18-14-30)31-15-19-33(40-6)20-16-31/h7-9,11-20,27-28H,10,21,23-26H2,1-6H3. The first-order valence-electron chi connectivity index (χ1n) is 14.8. The van der Waals surface area contributed by atoms with E-state index in [-0.39, 0.29) is 43.2 Å². The summed E-state index contributed by atoms with van der Waals surface area (Å²) < 4.78 is 52.3. The molecule has 0 amide bonds. The van der Waals surface area contributed by atoms with Gasteiger partial charge in [0.05, 0.1) is 51.4 Å². The Hall–Kier alpha value is -2.99. The van der Waals surface area contributed by atoms with Gasteiger partial charge in [0.25, 0.3) is 8.53 Å². The van der Waals surface area contributed by atoms with Crippen molar-refractivity contribution in [1.82, 2.24) is 4.67 Å². The summed E-state index contributed by atoms with van der Waals surface area (Å²) in [7, 11) is -1.82. The summed E-state index contributed by atoms with van der Waals surface area (Å²) >= 11 is 0. The normalized spacial score (nSPS) is 12.8. The van der Waals surface area contributed by atoms with Crippen LogP contribution in [-0.2, 0) is 24.3 Å². The van der Waals surface area contributed by atoms with Crippen LogP contribution in [0.1, 0.15) is 57.2 Å². The van der Waals surface area contributed by atoms with Crippen molar-refractivity contribution in [3.05, 3.63) is 95.6 Å². The predicted molar refractivity (Wildman–Crippen MR) is 177 cm³/mol. The van der Waals surface area contributed by atoms with Crippen molar-refractivity contribution < 1.29 is 26.9 Å². The van der Waals surface area contributed by atoms with E-state index in [0.717, 1.165) is 28.2 Å². The lowest BCUT2D eigenvalue weighted by molar-refractivity contribution is 0.182. The van der Waals surface area contributed by atoms with Gasteiger partial charge in [0.1, 0.15) is 11.5 Å². The van der Waals surface area contributed by atoms with Gasteiger partial charge >= 0.3 is 0 Å². The molecule has 44 heavy (non-hydrogen) atoms. The van der Waals surface area contributed by atoms with Gasteiger partial charge in [-0.25, -0.2) is 13.1 Å². The average Bonchev–Trinajstić information content (AvgIpc) is 3.02. The second-order valence-corrected chi connectivity index (χ2v) is 14.8. The lowest BCUT2D eigenvalue weighted by Gasteiger charge is -2.36. The van der Waals surface area contributed by atoms with Gasteiger partial charge in [-0.1, -0.05) is 54.6 Å². The first-order valence-corrected chi connectivity index (χ1v) is 17.8. The van der Waals surface area contributed by atoms with Crippen molar-refractivity contribution in [1.29, 1.82) is 5.26 Å². The fourth-order valence-electron chi connectivity index (χ4n) is 5.37. The van der Waals surface area contributed by atoms with Crippen LogP contribution in [0.15, 0.2) is 78.9 Å². The first-order chi connectivity index (χ1) is 21.1. The highest BCUT2D eigenvalue weighted by atomic mass is 32.2. The van der Waals surface area contributed by atoms with Crippen molar-refractivity contribution in [2.24, 2.45) is 0 Å². The SMILES string of the molecule is COc1ccc(C(CCS(=O)(=O)CCOP(OCCC#N)N(C(C)C)C(C)C)(c2ccccc2)c2ccc(OC)cc2)cc1. The molecule has 3 rings (SSSR count). The van der Waals surface area contributed by atoms with Gasteiger partial charge in [0, 0.05) is 17.5 Å². The number of sulfone groups is 1. The highest BCUT2D eigenvalue weighted by molar-refractivity contribution is 7.91. The van der Waals surface area contributed by atoms with E-state index < -0.39 is 23.8 Å². The van der Waals surface area contributed by atoms with Gasteiger partial charge in [0.15, 0.2) is 9.84 Å². The van der Waals surface area contributed by atoms with Crippen molar-refractivity contribution in [2.45, 2.75) is 58.0 Å². The van der Waals surface area contributed by atoms with Crippen molar-refractivity contribution in [3.63, 3.8) is 0 Å². The molecule has 0 aromatic heterocycles. The Labute approximate surface area is 264 Å². The second-order valence-electron chi connectivity index (χ2n) is 11.0. The molecule has 0 fully saturated rings. The van der Waals surface area contributed by atoms with Gasteiger partial charge in [0.2, 0.25) is 0 Å². The molecule has 0 spiro atoms. The third kappa shape index (κ3) is 9.26. The van der Waals surface area contributed by atoms with E-state index in [1.807, 2.05) is 107 Å². The molecular weight excluding hydrogens is 595 g/mol. The molecule has 0 heterocycles. The summed E-state index contributed by atoms with van der Waals surface area (Å²) in [6.07, 6.45) is 0.554. The number of nitriles is 1. The largest absolute Gasteiger partial charge is 0.497 e. The molecule has 3 aromatic rings. The van der Waals surface area contributed by atoms with Crippen LogP contribution in [0.2, 0.25) is 0 Å². The number of hydrogen-bond donors (Lipinski definition) is 0. The molecule has 1 unspecified atom stereocenters. The zero-order valence-corrected chi connectivity index (χ0v) is 28.3. The summed E-state index contributed by atoms with van der Waals surface area (Å²) in [5, 5.41) is 8.97. The predicted octanol–water partition coefficient (Wildman–Crippen LogP) is 7.14. The highest BCUT2D eigenvalue weighted by Crippen LogP contribution is 2.46. The van der Waals surface area contributed by atoms with E-state index in [1.165, 1.54) is 0 Å². The van der Waals surface area contributed by atoms with Gasteiger partial charge in [-0.05, 0) is 75.1 Å². The zero-order chi connectivity index (χ0) is 32.2. The molecule has 0 bridgehead atoms. The third-order valence-corrected chi connectivity index (χ3v) is 11.2. The second kappa shape index (κ2) is 16.9. The highest BCUT2D eigenvalue weighted by Gasteiger charge is 2.38. The topological polar surface area (TPSA) is 98.1 Å². The molecule has 0 radical (unpaired) electrons. The zero-order valence-electron chi connectivity index (χ0n) is 26.6. The van der Waals surface area contributed by atoms with Crippen LogP contribution in [-0.4, -0.2) is 64.1 Å². The number of ether oxygens (including phenoxy) is 2. The minimum atomic E-state index is -3.54. The molecule has 0 saturated carbocycles. The molecule has 3 aromatic carbocycles. The van der Waals surface area contributed by atoms with Gasteiger partial charge in [-0.2, -0.15) is 5.26 Å². The van der Waals surface area contributed by atoms with E-state index >= 15 is 0 Å². The monoisotopic (exact) mass is 640 g/mol. The number of methoxy groups -OCH3 is 2. The molecule has 0 aliphatic rings. The van der Waals surface area contributed by atoms with E-state index in [1.54, 1.807) is 14.2 Å². The molecule has 0 saturated heterocycles. The fourth-order valence-corrected chi connectivity index (χ4v) is 8.25. The quantitative estimate of drug-likeness (QED) is 0.0823. The summed E-state index contributed by atoms with van der Waals surface area (Å²) in [4.78, 5) is 0. The van der Waals surface area contributed by atoms with Crippen molar-refractivity contribution >= 4 is 18.4 Å². The van der Waals surface area contributed by atoms with E-state index in [4.69, 9.17) is 23.8 Å². The van der Waals surface area contributed by atoms with E-state index in [9.17, 15) is 8.42 Å². The Morgan fingerprint density at radius 3 is 1.68 bits per heavy atom. The molecule has 238 valence electrons. The Bertz CT molecular complexity index is 1370. The number of hydrogen-bond acceptors (Lipinski definition) is 8. The maximum absolute atomic E-state index is 13.6. The van der Waals surface area contributed by atoms with Gasteiger partial charge in [-0.15, -0.1) is 0 Å². The van der Waals surface area contributed by atoms with Crippen LogP contribution in [0.25, 0.3) is 0 Å². The van der Waals surface area contributed by atoms with Crippen molar-refractivity contribution in [2.75, 3.05) is 38.9 Å². The number of rotatable bonds is 18. The van der Waals surface area contributed by atoms with Gasteiger partial charge < -0.3 is 18.5 Å². The minimum Gasteiger partial charge on any atom is -0.497 e. The molecule has 0 aliphatic carbocycles. The van der Waals surface area contributed by atoms with Crippen LogP contribution in [0, 0.1) is 11.3 Å². The molecular formula is C34H45N2O6PS. The van der Waals surface area contributed by atoms with E-state index in [0.29, 0.717) is 6.42 Å². The third-order valence-electron chi connectivity index (χ3n) is 7.48. The minimum absolute atomic E-state index is 0.0000603. The number of nitrogens with zero attached hydrogens (tertiary/aromatic N) is 2. The molecule has 0 N–H and O–H groups in total. The van der Waals surface area contributed by atoms with Crippen molar-refractivity contribution in [3.8, 4) is 17.6 Å². The maximum Gasteiger partial charge on any atom is 0.259 e. The van der Waals surface area contributed by atoms with Crippen LogP contribution < -0.4 is 9.47 Å². The lowest BCUT2D eigenvalue weighted by Crippen LogP contribution is -2.34. The van der Waals surface area contributed by atoms with Crippen LogP contribution in [0.3, 0.4) is 0 Å². The summed E-state index contributed by atoms with van der Waals surface area (Å²) in [5.41, 5.74) is 2.15. The Kier molecular flexibility index (Phi) is 13.6. The summed E-state index contributed by atoms with van der Waals surface area (Å²) in [6.45, 7) is 8.42. The summed E-state index contributed by atoms with van der Waals surface area (Å²) in [6, 6.07) is 28.0. The fraction of sp³-hybridized carbons (Fsp3) is 0.441. The molecule has 1 atom stereocenters. The van der Waals surface area contributed by atoms with Crippen LogP contribution >= 0.6 is 8.53 Å². The first kappa shape index (κ1) is 35.5.